The number of nitrogens with two attached hydrogens (primary N) is 1. The van der Waals surface area contributed by atoms with E-state index in [1.54, 1.807) is 0 Å². The molecule has 0 saturated heterocycles. The molecule has 1 atom stereocenters. The van der Waals surface area contributed by atoms with E-state index in [4.69, 9.17) is 5.73 Å². The molecule has 0 aliphatic rings. The molecule has 3 heteroatoms. The summed E-state index contributed by atoms with van der Waals surface area (Å²) >= 11 is 0. The minimum absolute atomic E-state index is 0.188. The highest BCUT2D eigenvalue weighted by Crippen LogP contribution is 2.20. The summed E-state index contributed by atoms with van der Waals surface area (Å²) in [5.41, 5.74) is 6.73. The van der Waals surface area contributed by atoms with Gasteiger partial charge in [-0.1, -0.05) is 31.2 Å². The quantitative estimate of drug-likeness (QED) is 0.753. The monoisotopic (exact) mass is 193 g/mol. The van der Waals surface area contributed by atoms with Crippen molar-refractivity contribution >= 4 is 5.91 Å². The van der Waals surface area contributed by atoms with Gasteiger partial charge < -0.3 is 10.8 Å². The zero-order chi connectivity index (χ0) is 10.6. The van der Waals surface area contributed by atoms with Crippen LogP contribution in [-0.4, -0.2) is 11.0 Å². The van der Waals surface area contributed by atoms with Crippen molar-refractivity contribution in [3.63, 3.8) is 0 Å². The van der Waals surface area contributed by atoms with Gasteiger partial charge in [-0.05, 0) is 17.5 Å². The van der Waals surface area contributed by atoms with Gasteiger partial charge in [0.2, 0.25) is 5.91 Å². The molecule has 1 unspecified atom stereocenters. The molecule has 76 valence electrons. The average Bonchev–Trinajstić information content (AvgIpc) is 2.16. The lowest BCUT2D eigenvalue weighted by atomic mass is 9.98. The molecule has 0 heterocycles. The van der Waals surface area contributed by atoms with E-state index in [1.807, 2.05) is 31.2 Å². The summed E-state index contributed by atoms with van der Waals surface area (Å²) in [6, 6.07) is 7.33. The molecular formula is C11H15NO2. The van der Waals surface area contributed by atoms with Crippen molar-refractivity contribution in [3.05, 3.63) is 35.4 Å². The van der Waals surface area contributed by atoms with Crippen LogP contribution in [0.2, 0.25) is 0 Å². The first-order valence-corrected chi connectivity index (χ1v) is 4.69. The van der Waals surface area contributed by atoms with Gasteiger partial charge in [0.05, 0.1) is 12.5 Å². The predicted octanol–water partition coefficient (Wildman–Crippen LogP) is 1.16. The van der Waals surface area contributed by atoms with Crippen molar-refractivity contribution < 1.29 is 9.90 Å². The topological polar surface area (TPSA) is 63.3 Å². The van der Waals surface area contributed by atoms with E-state index in [0.717, 1.165) is 11.1 Å². The maximum Gasteiger partial charge on any atom is 0.221 e. The zero-order valence-electron chi connectivity index (χ0n) is 8.23. The summed E-state index contributed by atoms with van der Waals surface area (Å²) in [6.07, 6.45) is 0.314. The number of carbonyl (C=O) groups excluding carboxylic acids is 1. The molecule has 0 fully saturated rings. The molecular weight excluding hydrogens is 178 g/mol. The predicted molar refractivity (Wildman–Crippen MR) is 54.6 cm³/mol. The number of hydrogen-bond acceptors (Lipinski definition) is 2. The highest BCUT2D eigenvalue weighted by Gasteiger charge is 2.10. The molecule has 1 aromatic carbocycles. The smallest absolute Gasteiger partial charge is 0.221 e. The maximum absolute atomic E-state index is 10.8. The lowest BCUT2D eigenvalue weighted by Gasteiger charge is -2.12. The average molecular weight is 193 g/mol. The standard InChI is InChI=1S/C11H15NO2/c1-2-10(13)9-6-4-3-5-8(9)7-11(12)14/h3-6,10,13H,2,7H2,1H3,(H2,12,14). The second kappa shape index (κ2) is 4.77. The Morgan fingerprint density at radius 1 is 1.50 bits per heavy atom. The van der Waals surface area contributed by atoms with Crippen molar-refractivity contribution in [2.24, 2.45) is 5.73 Å². The van der Waals surface area contributed by atoms with Crippen LogP contribution in [0.15, 0.2) is 24.3 Å². The largest absolute Gasteiger partial charge is 0.388 e. The van der Waals surface area contributed by atoms with E-state index in [-0.39, 0.29) is 12.3 Å². The number of benzene rings is 1. The molecule has 0 bridgehead atoms. The third-order valence-electron chi connectivity index (χ3n) is 2.17. The fraction of sp³-hybridized carbons (Fsp3) is 0.364. The van der Waals surface area contributed by atoms with Gasteiger partial charge in [0, 0.05) is 0 Å². The van der Waals surface area contributed by atoms with Crippen molar-refractivity contribution in [1.82, 2.24) is 0 Å². The fourth-order valence-corrected chi connectivity index (χ4v) is 1.43. The molecule has 1 amide bonds. The van der Waals surface area contributed by atoms with Crippen LogP contribution < -0.4 is 5.73 Å². The Kier molecular flexibility index (Phi) is 3.65. The summed E-state index contributed by atoms with van der Waals surface area (Å²) in [7, 11) is 0. The van der Waals surface area contributed by atoms with Crippen molar-refractivity contribution in [2.45, 2.75) is 25.9 Å². The highest BCUT2D eigenvalue weighted by molar-refractivity contribution is 5.77. The molecule has 3 nitrogen and oxygen atoms in total. The molecule has 1 aromatic rings. The Bertz CT molecular complexity index is 323. The lowest BCUT2D eigenvalue weighted by Crippen LogP contribution is -2.15. The number of aliphatic hydroxyl groups is 1. The van der Waals surface area contributed by atoms with Gasteiger partial charge >= 0.3 is 0 Å². The molecule has 0 saturated carbocycles. The molecule has 0 radical (unpaired) electrons. The van der Waals surface area contributed by atoms with Crippen molar-refractivity contribution in [2.75, 3.05) is 0 Å². The van der Waals surface area contributed by atoms with Gasteiger partial charge in [-0.2, -0.15) is 0 Å². The van der Waals surface area contributed by atoms with Crippen LogP contribution in [0.4, 0.5) is 0 Å². The number of primary amides is 1. The lowest BCUT2D eigenvalue weighted by molar-refractivity contribution is -0.117. The molecule has 0 aliphatic carbocycles. The first kappa shape index (κ1) is 10.7. The summed E-state index contributed by atoms with van der Waals surface area (Å²) in [4.78, 5) is 10.8. The minimum Gasteiger partial charge on any atom is -0.388 e. The number of rotatable bonds is 4. The summed E-state index contributed by atoms with van der Waals surface area (Å²) in [5.74, 6) is -0.374. The van der Waals surface area contributed by atoms with Crippen LogP contribution in [0.1, 0.15) is 30.6 Å². The number of amides is 1. The summed E-state index contributed by atoms with van der Waals surface area (Å²) in [6.45, 7) is 1.89. The Morgan fingerprint density at radius 2 is 2.14 bits per heavy atom. The third kappa shape index (κ3) is 2.57. The van der Waals surface area contributed by atoms with Crippen LogP contribution >= 0.6 is 0 Å². The molecule has 0 spiro atoms. The SMILES string of the molecule is CCC(O)c1ccccc1CC(N)=O. The highest BCUT2D eigenvalue weighted by atomic mass is 16.3. The Balaban J connectivity index is 2.96. The van der Waals surface area contributed by atoms with Gasteiger partial charge in [0.25, 0.3) is 0 Å². The third-order valence-corrected chi connectivity index (χ3v) is 2.17. The number of carbonyl (C=O) groups is 1. The van der Waals surface area contributed by atoms with E-state index in [0.29, 0.717) is 6.42 Å². The zero-order valence-corrected chi connectivity index (χ0v) is 8.23. The van der Waals surface area contributed by atoms with E-state index in [2.05, 4.69) is 0 Å². The first-order valence-electron chi connectivity index (χ1n) is 4.69. The summed E-state index contributed by atoms with van der Waals surface area (Å²) in [5, 5.41) is 9.67. The van der Waals surface area contributed by atoms with E-state index in [1.165, 1.54) is 0 Å². The van der Waals surface area contributed by atoms with Gasteiger partial charge in [0.1, 0.15) is 0 Å². The number of hydrogen-bond donors (Lipinski definition) is 2. The van der Waals surface area contributed by atoms with Crippen LogP contribution in [0, 0.1) is 0 Å². The van der Waals surface area contributed by atoms with Crippen LogP contribution in [0.3, 0.4) is 0 Å². The molecule has 3 N–H and O–H groups in total. The maximum atomic E-state index is 10.8. The van der Waals surface area contributed by atoms with Crippen LogP contribution in [0.25, 0.3) is 0 Å². The van der Waals surface area contributed by atoms with Crippen molar-refractivity contribution in [3.8, 4) is 0 Å². The minimum atomic E-state index is -0.509. The van der Waals surface area contributed by atoms with E-state index >= 15 is 0 Å². The Hall–Kier alpha value is -1.35. The van der Waals surface area contributed by atoms with Crippen LogP contribution in [0.5, 0.6) is 0 Å². The fourth-order valence-electron chi connectivity index (χ4n) is 1.43. The first-order chi connectivity index (χ1) is 6.65. The van der Waals surface area contributed by atoms with Gasteiger partial charge in [-0.25, -0.2) is 0 Å². The van der Waals surface area contributed by atoms with Crippen molar-refractivity contribution in [1.29, 1.82) is 0 Å². The second-order valence-corrected chi connectivity index (χ2v) is 3.27. The molecule has 0 aromatic heterocycles. The van der Waals surface area contributed by atoms with Crippen LogP contribution in [-0.2, 0) is 11.2 Å². The Morgan fingerprint density at radius 3 is 2.71 bits per heavy atom. The normalized spacial score (nSPS) is 12.4. The Labute approximate surface area is 83.6 Å². The van der Waals surface area contributed by atoms with Gasteiger partial charge in [-0.3, -0.25) is 4.79 Å². The summed E-state index contributed by atoms with van der Waals surface area (Å²) < 4.78 is 0. The van der Waals surface area contributed by atoms with E-state index in [9.17, 15) is 9.90 Å². The van der Waals surface area contributed by atoms with E-state index < -0.39 is 6.10 Å². The second-order valence-electron chi connectivity index (χ2n) is 3.27. The van der Waals surface area contributed by atoms with Gasteiger partial charge in [0.15, 0.2) is 0 Å². The van der Waals surface area contributed by atoms with Gasteiger partial charge in [-0.15, -0.1) is 0 Å². The molecule has 1 rings (SSSR count). The molecule has 14 heavy (non-hydrogen) atoms. The molecule has 0 aliphatic heterocycles. The number of aliphatic hydroxyl groups excluding tert-OH is 1.